The number of carbonyl (C=O) groups excluding carboxylic acids is 2. The van der Waals surface area contributed by atoms with Gasteiger partial charge in [-0.15, -0.1) is 0 Å². The fourth-order valence-corrected chi connectivity index (χ4v) is 6.67. The summed E-state index contributed by atoms with van der Waals surface area (Å²) in [5.74, 6) is -0.276. The lowest BCUT2D eigenvalue weighted by Gasteiger charge is -2.34. The highest BCUT2D eigenvalue weighted by Crippen LogP contribution is 2.32. The summed E-state index contributed by atoms with van der Waals surface area (Å²) in [5, 5.41) is 2.87. The molecular formula is C35H38BrN3O6S. The molecular weight excluding hydrogens is 670 g/mol. The smallest absolute Gasteiger partial charge is 0.264 e. The summed E-state index contributed by atoms with van der Waals surface area (Å²) < 4.78 is 41.2. The number of sulfonamides is 1. The molecule has 242 valence electrons. The molecule has 0 radical (unpaired) electrons. The Kier molecular flexibility index (Phi) is 11.8. The van der Waals surface area contributed by atoms with Crippen molar-refractivity contribution in [2.24, 2.45) is 0 Å². The first-order valence-corrected chi connectivity index (χ1v) is 17.0. The second kappa shape index (κ2) is 15.8. The number of carbonyl (C=O) groups is 2. The molecule has 1 atom stereocenters. The van der Waals surface area contributed by atoms with Gasteiger partial charge in [-0.05, 0) is 61.4 Å². The van der Waals surface area contributed by atoms with Gasteiger partial charge in [-0.2, -0.15) is 0 Å². The van der Waals surface area contributed by atoms with Crippen LogP contribution in [0.15, 0.2) is 106 Å². The van der Waals surface area contributed by atoms with Crippen molar-refractivity contribution >= 4 is 43.5 Å². The first-order valence-electron chi connectivity index (χ1n) is 14.7. The lowest BCUT2D eigenvalue weighted by molar-refractivity contribution is -0.140. The Labute approximate surface area is 279 Å². The number of halogens is 1. The third kappa shape index (κ3) is 8.46. The van der Waals surface area contributed by atoms with Crippen molar-refractivity contribution in [3.8, 4) is 11.5 Å². The van der Waals surface area contributed by atoms with Crippen molar-refractivity contribution in [1.29, 1.82) is 0 Å². The van der Waals surface area contributed by atoms with Crippen LogP contribution >= 0.6 is 15.9 Å². The highest BCUT2D eigenvalue weighted by atomic mass is 79.9. The van der Waals surface area contributed by atoms with Gasteiger partial charge < -0.3 is 19.7 Å². The van der Waals surface area contributed by atoms with Crippen LogP contribution in [-0.2, 0) is 32.6 Å². The van der Waals surface area contributed by atoms with Crippen LogP contribution in [0.1, 0.15) is 23.6 Å². The number of likely N-dealkylation sites (N-methyl/N-ethyl adjacent to an activating group) is 1. The van der Waals surface area contributed by atoms with E-state index < -0.39 is 28.5 Å². The highest BCUT2D eigenvalue weighted by Gasteiger charge is 2.35. The number of aryl methyl sites for hydroxylation is 1. The Hall–Kier alpha value is -4.35. The van der Waals surface area contributed by atoms with Crippen molar-refractivity contribution in [2.75, 3.05) is 31.6 Å². The third-order valence-corrected chi connectivity index (χ3v) is 9.73. The van der Waals surface area contributed by atoms with Gasteiger partial charge in [0.25, 0.3) is 10.0 Å². The van der Waals surface area contributed by atoms with Crippen molar-refractivity contribution in [3.63, 3.8) is 0 Å². The maximum Gasteiger partial charge on any atom is 0.264 e. The number of amides is 2. The molecule has 4 aromatic carbocycles. The molecule has 0 fully saturated rings. The van der Waals surface area contributed by atoms with E-state index in [0.29, 0.717) is 18.0 Å². The number of hydrogen-bond acceptors (Lipinski definition) is 6. The average molecular weight is 709 g/mol. The minimum absolute atomic E-state index is 0.0810. The summed E-state index contributed by atoms with van der Waals surface area (Å²) in [6.45, 7) is 3.60. The predicted octanol–water partition coefficient (Wildman–Crippen LogP) is 5.75. The Bertz CT molecular complexity index is 1730. The summed E-state index contributed by atoms with van der Waals surface area (Å²) in [6, 6.07) is 27.1. The SMILES string of the molecule is CCNC(=O)[C@H](Cc1ccccc1)N(Cc1ccc(Br)cc1)C(=O)CN(c1ccc(C)cc1)S(=O)(=O)c1ccc(OC)c(OC)c1. The van der Waals surface area contributed by atoms with Crippen molar-refractivity contribution in [3.05, 3.63) is 118 Å². The van der Waals surface area contributed by atoms with E-state index in [9.17, 15) is 18.0 Å². The van der Waals surface area contributed by atoms with E-state index in [2.05, 4.69) is 21.2 Å². The van der Waals surface area contributed by atoms with Crippen molar-refractivity contribution in [1.82, 2.24) is 10.2 Å². The number of hydrogen-bond donors (Lipinski definition) is 1. The summed E-state index contributed by atoms with van der Waals surface area (Å²) >= 11 is 3.45. The zero-order valence-corrected chi connectivity index (χ0v) is 28.7. The van der Waals surface area contributed by atoms with Crippen LogP contribution in [0.2, 0.25) is 0 Å². The van der Waals surface area contributed by atoms with Crippen LogP contribution in [0.25, 0.3) is 0 Å². The summed E-state index contributed by atoms with van der Waals surface area (Å²) in [4.78, 5) is 29.5. The molecule has 11 heteroatoms. The van der Waals surface area contributed by atoms with Crippen LogP contribution in [0.4, 0.5) is 5.69 Å². The van der Waals surface area contributed by atoms with Gasteiger partial charge in [-0.1, -0.05) is 76.1 Å². The van der Waals surface area contributed by atoms with Crippen molar-refractivity contribution in [2.45, 2.75) is 37.8 Å². The van der Waals surface area contributed by atoms with E-state index in [-0.39, 0.29) is 29.5 Å². The monoisotopic (exact) mass is 707 g/mol. The molecule has 0 saturated carbocycles. The maximum absolute atomic E-state index is 14.5. The van der Waals surface area contributed by atoms with Gasteiger partial charge in [-0.3, -0.25) is 13.9 Å². The van der Waals surface area contributed by atoms with Crippen molar-refractivity contribution < 1.29 is 27.5 Å². The van der Waals surface area contributed by atoms with E-state index in [1.165, 1.54) is 37.3 Å². The van der Waals surface area contributed by atoms with Gasteiger partial charge in [0.15, 0.2) is 11.5 Å². The number of methoxy groups -OCH3 is 2. The first-order chi connectivity index (χ1) is 22.1. The summed E-state index contributed by atoms with van der Waals surface area (Å²) in [7, 11) is -1.42. The summed E-state index contributed by atoms with van der Waals surface area (Å²) in [6.07, 6.45) is 0.238. The molecule has 4 aromatic rings. The topological polar surface area (TPSA) is 105 Å². The quantitative estimate of drug-likeness (QED) is 0.179. The average Bonchev–Trinajstić information content (AvgIpc) is 3.06. The van der Waals surface area contributed by atoms with Gasteiger partial charge >= 0.3 is 0 Å². The van der Waals surface area contributed by atoms with E-state index in [0.717, 1.165) is 25.5 Å². The van der Waals surface area contributed by atoms with Gasteiger partial charge in [0.1, 0.15) is 12.6 Å². The Morgan fingerprint density at radius 1 is 0.848 bits per heavy atom. The van der Waals surface area contributed by atoms with Gasteiger partial charge in [0.2, 0.25) is 11.8 Å². The standard InChI is InChI=1S/C35H38BrN3O6S/c1-5-37-35(41)31(21-26-9-7-6-8-10-26)38(23-27-13-15-28(36)16-14-27)34(40)24-39(29-17-11-25(2)12-18-29)46(42,43)30-19-20-32(44-3)33(22-30)45-4/h6-20,22,31H,5,21,23-24H2,1-4H3,(H,37,41)/t31-/m0/s1. The van der Waals surface area contributed by atoms with E-state index in [1.807, 2.05) is 68.4 Å². The fraction of sp³-hybridized carbons (Fsp3) is 0.257. The molecule has 46 heavy (non-hydrogen) atoms. The number of rotatable bonds is 14. The Balaban J connectivity index is 1.81. The molecule has 2 amide bonds. The van der Waals surface area contributed by atoms with E-state index in [4.69, 9.17) is 9.47 Å². The molecule has 1 N–H and O–H groups in total. The van der Waals surface area contributed by atoms with Gasteiger partial charge in [0.05, 0.1) is 24.8 Å². The summed E-state index contributed by atoms with van der Waals surface area (Å²) in [5.41, 5.74) is 2.87. The zero-order valence-electron chi connectivity index (χ0n) is 26.3. The normalized spacial score (nSPS) is 11.8. The Morgan fingerprint density at radius 3 is 2.11 bits per heavy atom. The zero-order chi connectivity index (χ0) is 33.3. The molecule has 0 aromatic heterocycles. The Morgan fingerprint density at radius 2 is 1.50 bits per heavy atom. The highest BCUT2D eigenvalue weighted by molar-refractivity contribution is 9.10. The molecule has 0 saturated heterocycles. The lowest BCUT2D eigenvalue weighted by atomic mass is 10.0. The van der Waals surface area contributed by atoms with Crippen LogP contribution < -0.4 is 19.1 Å². The minimum Gasteiger partial charge on any atom is -0.493 e. The molecule has 0 unspecified atom stereocenters. The lowest BCUT2D eigenvalue weighted by Crippen LogP contribution is -2.53. The number of benzene rings is 4. The van der Waals surface area contributed by atoms with Crippen LogP contribution in [0, 0.1) is 6.92 Å². The molecule has 9 nitrogen and oxygen atoms in total. The number of nitrogens with zero attached hydrogens (tertiary/aromatic N) is 2. The molecule has 4 rings (SSSR count). The van der Waals surface area contributed by atoms with Crippen LogP contribution in [-0.4, -0.2) is 58.5 Å². The number of ether oxygens (including phenoxy) is 2. The second-order valence-electron chi connectivity index (χ2n) is 10.6. The molecule has 0 heterocycles. The number of nitrogens with one attached hydrogen (secondary N) is 1. The molecule has 0 spiro atoms. The largest absolute Gasteiger partial charge is 0.493 e. The molecule has 0 bridgehead atoms. The maximum atomic E-state index is 14.5. The first kappa shape index (κ1) is 34.5. The van der Waals surface area contributed by atoms with Gasteiger partial charge in [0, 0.05) is 30.0 Å². The minimum atomic E-state index is -4.30. The van der Waals surface area contributed by atoms with E-state index in [1.54, 1.807) is 24.3 Å². The molecule has 0 aliphatic carbocycles. The van der Waals surface area contributed by atoms with Crippen LogP contribution in [0.5, 0.6) is 11.5 Å². The number of anilines is 1. The molecule has 0 aliphatic rings. The van der Waals surface area contributed by atoms with Crippen LogP contribution in [0.3, 0.4) is 0 Å². The van der Waals surface area contributed by atoms with Gasteiger partial charge in [-0.25, -0.2) is 8.42 Å². The predicted molar refractivity (Wildman–Crippen MR) is 183 cm³/mol. The third-order valence-electron chi connectivity index (χ3n) is 7.43. The van der Waals surface area contributed by atoms with E-state index >= 15 is 0 Å². The second-order valence-corrected chi connectivity index (χ2v) is 13.4. The fourth-order valence-electron chi connectivity index (χ4n) is 4.98. The molecule has 0 aliphatic heterocycles.